The first-order valence-electron chi connectivity index (χ1n) is 5.57. The maximum absolute atomic E-state index is 11.4. The van der Waals surface area contributed by atoms with Gasteiger partial charge in [-0.2, -0.15) is 0 Å². The van der Waals surface area contributed by atoms with Crippen molar-refractivity contribution in [2.24, 2.45) is 0 Å². The molecule has 4 nitrogen and oxygen atoms in total. The van der Waals surface area contributed by atoms with E-state index < -0.39 is 0 Å². The highest BCUT2D eigenvalue weighted by atomic mass is 16.2. The molecule has 2 amide bonds. The van der Waals surface area contributed by atoms with Gasteiger partial charge in [0.15, 0.2) is 0 Å². The van der Waals surface area contributed by atoms with Crippen LogP contribution in [-0.4, -0.2) is 18.9 Å². The van der Waals surface area contributed by atoms with Crippen molar-refractivity contribution in [2.45, 2.75) is 26.3 Å². The van der Waals surface area contributed by atoms with Gasteiger partial charge in [0, 0.05) is 14.0 Å². The first-order chi connectivity index (χ1) is 8.02. The molecule has 4 heteroatoms. The van der Waals surface area contributed by atoms with E-state index in [1.165, 1.54) is 6.92 Å². The van der Waals surface area contributed by atoms with Crippen molar-refractivity contribution < 1.29 is 9.59 Å². The lowest BCUT2D eigenvalue weighted by molar-refractivity contribution is -0.122. The van der Waals surface area contributed by atoms with Crippen LogP contribution in [0.15, 0.2) is 24.3 Å². The van der Waals surface area contributed by atoms with Crippen LogP contribution < -0.4 is 10.6 Å². The quantitative estimate of drug-likeness (QED) is 0.825. The van der Waals surface area contributed by atoms with Gasteiger partial charge in [0.25, 0.3) is 0 Å². The van der Waals surface area contributed by atoms with Gasteiger partial charge in [-0.3, -0.25) is 9.59 Å². The van der Waals surface area contributed by atoms with Crippen LogP contribution in [0.1, 0.15) is 30.5 Å². The molecular weight excluding hydrogens is 216 g/mol. The van der Waals surface area contributed by atoms with E-state index in [1.807, 2.05) is 31.2 Å². The fourth-order valence-electron chi connectivity index (χ4n) is 1.58. The molecule has 0 heterocycles. The van der Waals surface area contributed by atoms with Crippen LogP contribution in [0.2, 0.25) is 0 Å². The fraction of sp³-hybridized carbons (Fsp3) is 0.385. The van der Waals surface area contributed by atoms with Gasteiger partial charge in [0.1, 0.15) is 0 Å². The van der Waals surface area contributed by atoms with Crippen molar-refractivity contribution in [1.29, 1.82) is 0 Å². The summed E-state index contributed by atoms with van der Waals surface area (Å²) in [6.07, 6.45) is 0.249. The Morgan fingerprint density at radius 3 is 2.29 bits per heavy atom. The summed E-state index contributed by atoms with van der Waals surface area (Å²) in [7, 11) is 1.59. The van der Waals surface area contributed by atoms with Crippen molar-refractivity contribution in [1.82, 2.24) is 10.6 Å². The van der Waals surface area contributed by atoms with Crippen LogP contribution in [0.25, 0.3) is 0 Å². The predicted molar refractivity (Wildman–Crippen MR) is 66.4 cm³/mol. The van der Waals surface area contributed by atoms with Crippen LogP contribution in [0.5, 0.6) is 0 Å². The van der Waals surface area contributed by atoms with Gasteiger partial charge in [-0.1, -0.05) is 29.8 Å². The number of aryl methyl sites for hydroxylation is 1. The molecule has 0 aromatic heterocycles. The van der Waals surface area contributed by atoms with Crippen LogP contribution >= 0.6 is 0 Å². The van der Waals surface area contributed by atoms with Crippen LogP contribution in [0.3, 0.4) is 0 Å². The van der Waals surface area contributed by atoms with E-state index in [-0.39, 0.29) is 24.3 Å². The molecule has 2 N–H and O–H groups in total. The fourth-order valence-corrected chi connectivity index (χ4v) is 1.58. The lowest BCUT2D eigenvalue weighted by Crippen LogP contribution is -2.31. The summed E-state index contributed by atoms with van der Waals surface area (Å²) >= 11 is 0. The highest BCUT2D eigenvalue weighted by molar-refractivity contribution is 5.78. The Morgan fingerprint density at radius 2 is 1.82 bits per heavy atom. The maximum Gasteiger partial charge on any atom is 0.222 e. The zero-order valence-electron chi connectivity index (χ0n) is 10.4. The second-order valence-electron chi connectivity index (χ2n) is 4.04. The third kappa shape index (κ3) is 4.26. The first kappa shape index (κ1) is 13.2. The molecule has 0 fully saturated rings. The molecule has 1 aromatic carbocycles. The Morgan fingerprint density at radius 1 is 1.24 bits per heavy atom. The minimum absolute atomic E-state index is 0.0932. The van der Waals surface area contributed by atoms with Gasteiger partial charge in [-0.05, 0) is 12.5 Å². The minimum Gasteiger partial charge on any atom is -0.359 e. The molecule has 17 heavy (non-hydrogen) atoms. The molecule has 92 valence electrons. The standard InChI is InChI=1S/C13H18N2O2/c1-9-4-6-11(7-5-9)12(15-10(2)16)8-13(17)14-3/h4-7,12H,8H2,1-3H3,(H,14,17)(H,15,16)/t12-/m0/s1. The molecular formula is C13H18N2O2. The second kappa shape index (κ2) is 6.03. The maximum atomic E-state index is 11.4. The molecule has 0 radical (unpaired) electrons. The van der Waals surface area contributed by atoms with Gasteiger partial charge >= 0.3 is 0 Å². The van der Waals surface area contributed by atoms with E-state index >= 15 is 0 Å². The molecule has 0 aliphatic rings. The van der Waals surface area contributed by atoms with Crippen molar-refractivity contribution in [2.75, 3.05) is 7.05 Å². The van der Waals surface area contributed by atoms with Gasteiger partial charge in [0.05, 0.1) is 12.5 Å². The van der Waals surface area contributed by atoms with Gasteiger partial charge in [0.2, 0.25) is 11.8 Å². The van der Waals surface area contributed by atoms with E-state index in [2.05, 4.69) is 10.6 Å². The molecule has 0 aliphatic carbocycles. The van der Waals surface area contributed by atoms with Crippen molar-refractivity contribution in [3.05, 3.63) is 35.4 Å². The number of benzene rings is 1. The number of rotatable bonds is 4. The molecule has 0 aliphatic heterocycles. The van der Waals surface area contributed by atoms with Crippen LogP contribution in [-0.2, 0) is 9.59 Å². The zero-order chi connectivity index (χ0) is 12.8. The summed E-state index contributed by atoms with van der Waals surface area (Å²) in [6.45, 7) is 3.45. The average molecular weight is 234 g/mol. The van der Waals surface area contributed by atoms with E-state index in [9.17, 15) is 9.59 Å². The number of hydrogen-bond acceptors (Lipinski definition) is 2. The summed E-state index contributed by atoms with van der Waals surface area (Å²) in [6, 6.07) is 7.52. The Bertz CT molecular complexity index is 398. The highest BCUT2D eigenvalue weighted by Gasteiger charge is 2.15. The smallest absolute Gasteiger partial charge is 0.222 e. The lowest BCUT2D eigenvalue weighted by atomic mass is 10.0. The second-order valence-corrected chi connectivity index (χ2v) is 4.04. The zero-order valence-corrected chi connectivity index (χ0v) is 10.4. The SMILES string of the molecule is CNC(=O)C[C@H](NC(C)=O)c1ccc(C)cc1. The Hall–Kier alpha value is -1.84. The molecule has 1 atom stereocenters. The molecule has 0 bridgehead atoms. The summed E-state index contributed by atoms with van der Waals surface area (Å²) in [4.78, 5) is 22.5. The lowest BCUT2D eigenvalue weighted by Gasteiger charge is -2.17. The first-order valence-corrected chi connectivity index (χ1v) is 5.57. The molecule has 0 spiro atoms. The van der Waals surface area contributed by atoms with E-state index in [0.717, 1.165) is 11.1 Å². The highest BCUT2D eigenvalue weighted by Crippen LogP contribution is 2.17. The van der Waals surface area contributed by atoms with Gasteiger partial charge in [-0.15, -0.1) is 0 Å². The number of amides is 2. The van der Waals surface area contributed by atoms with Crippen LogP contribution in [0.4, 0.5) is 0 Å². The molecule has 0 unspecified atom stereocenters. The van der Waals surface area contributed by atoms with Crippen molar-refractivity contribution in [3.63, 3.8) is 0 Å². The third-order valence-electron chi connectivity index (χ3n) is 2.53. The van der Waals surface area contributed by atoms with Crippen molar-refractivity contribution >= 4 is 11.8 Å². The van der Waals surface area contributed by atoms with Crippen LogP contribution in [0, 0.1) is 6.92 Å². The molecule has 1 aromatic rings. The topological polar surface area (TPSA) is 58.2 Å². The minimum atomic E-state index is -0.270. The normalized spacial score (nSPS) is 11.7. The summed E-state index contributed by atoms with van der Waals surface area (Å²) in [5, 5.41) is 5.34. The van der Waals surface area contributed by atoms with Crippen molar-refractivity contribution in [3.8, 4) is 0 Å². The average Bonchev–Trinajstić information content (AvgIpc) is 2.28. The predicted octanol–water partition coefficient (Wildman–Crippen LogP) is 1.31. The Balaban J connectivity index is 2.85. The Labute approximate surface area is 101 Å². The van der Waals surface area contributed by atoms with E-state index in [0.29, 0.717) is 0 Å². The van der Waals surface area contributed by atoms with E-state index in [4.69, 9.17) is 0 Å². The number of nitrogens with one attached hydrogen (secondary N) is 2. The number of carbonyl (C=O) groups is 2. The monoisotopic (exact) mass is 234 g/mol. The van der Waals surface area contributed by atoms with Gasteiger partial charge < -0.3 is 10.6 Å². The molecule has 1 rings (SSSR count). The summed E-state index contributed by atoms with van der Waals surface area (Å²) in [5.74, 6) is -0.233. The van der Waals surface area contributed by atoms with E-state index in [1.54, 1.807) is 7.05 Å². The summed E-state index contributed by atoms with van der Waals surface area (Å²) < 4.78 is 0. The molecule has 0 saturated carbocycles. The van der Waals surface area contributed by atoms with Gasteiger partial charge in [-0.25, -0.2) is 0 Å². The summed E-state index contributed by atoms with van der Waals surface area (Å²) in [5.41, 5.74) is 2.09. The third-order valence-corrected chi connectivity index (χ3v) is 2.53. The number of carbonyl (C=O) groups excluding carboxylic acids is 2. The number of hydrogen-bond donors (Lipinski definition) is 2. The molecule has 0 saturated heterocycles. The Kier molecular flexibility index (Phi) is 4.69. The largest absolute Gasteiger partial charge is 0.359 e.